The Kier molecular flexibility index (Phi) is 7.77. The van der Waals surface area contributed by atoms with Crippen molar-refractivity contribution < 1.29 is 36.1 Å². The maximum Gasteiger partial charge on any atom is 0.395 e. The average molecular weight is 464 g/mol. The van der Waals surface area contributed by atoms with Crippen LogP contribution in [0.15, 0.2) is 42.5 Å². The zero-order valence-corrected chi connectivity index (χ0v) is 17.0. The number of carbonyl (C=O) groups is 1. The van der Waals surface area contributed by atoms with Crippen molar-refractivity contribution in [2.75, 3.05) is 11.5 Å². The van der Waals surface area contributed by atoms with Crippen molar-refractivity contribution in [2.45, 2.75) is 31.0 Å². The van der Waals surface area contributed by atoms with Crippen molar-refractivity contribution in [1.82, 2.24) is 0 Å². The number of halogens is 5. The van der Waals surface area contributed by atoms with Crippen LogP contribution in [-0.4, -0.2) is 39.0 Å². The normalized spacial score (nSPS) is 15.8. The van der Waals surface area contributed by atoms with Crippen molar-refractivity contribution in [2.24, 2.45) is 5.73 Å². The molecule has 0 aliphatic heterocycles. The molecule has 170 valence electrons. The molecule has 2 rings (SSSR count). The summed E-state index contributed by atoms with van der Waals surface area (Å²) in [6.07, 6.45) is -5.60. The highest BCUT2D eigenvalue weighted by atomic mass is 32.2. The van der Waals surface area contributed by atoms with Gasteiger partial charge in [-0.3, -0.25) is 9.57 Å². The second kappa shape index (κ2) is 9.73. The standard InChI is InChI=1S/C20H21F5N2O3S/c21-15-9-14(10-16(22)11-15)12-1-3-13(4-2-12)17(20(23,24)25)5-7-31(27,30)8-6-18(26)19(28)29/h1-4,9-11,17-18,27H,5-8,26H2,(H,28,29)/t17?,18-,31?/m0/s1. The van der Waals surface area contributed by atoms with Gasteiger partial charge >= 0.3 is 12.1 Å². The zero-order valence-electron chi connectivity index (χ0n) is 16.2. The summed E-state index contributed by atoms with van der Waals surface area (Å²) < 4.78 is 87.5. The van der Waals surface area contributed by atoms with Gasteiger partial charge in [0.1, 0.15) is 17.7 Å². The van der Waals surface area contributed by atoms with E-state index in [1.807, 2.05) is 0 Å². The van der Waals surface area contributed by atoms with E-state index in [4.69, 9.17) is 15.6 Å². The lowest BCUT2D eigenvalue weighted by Crippen LogP contribution is -2.32. The summed E-state index contributed by atoms with van der Waals surface area (Å²) in [5.41, 5.74) is 5.62. The predicted molar refractivity (Wildman–Crippen MR) is 106 cm³/mol. The van der Waals surface area contributed by atoms with Gasteiger partial charge in [-0.05, 0) is 41.7 Å². The molecule has 2 aromatic rings. The monoisotopic (exact) mass is 464 g/mol. The van der Waals surface area contributed by atoms with Gasteiger partial charge < -0.3 is 10.8 Å². The van der Waals surface area contributed by atoms with E-state index >= 15 is 0 Å². The number of hydrogen-bond acceptors (Lipinski definition) is 4. The lowest BCUT2D eigenvalue weighted by atomic mass is 9.93. The first-order valence-corrected chi connectivity index (χ1v) is 11.0. The Balaban J connectivity index is 2.16. The third-order valence-electron chi connectivity index (χ3n) is 4.72. The minimum absolute atomic E-state index is 0.148. The minimum Gasteiger partial charge on any atom is -0.480 e. The van der Waals surface area contributed by atoms with Crippen LogP contribution in [0, 0.1) is 16.4 Å². The van der Waals surface area contributed by atoms with E-state index in [9.17, 15) is 31.0 Å². The fourth-order valence-corrected chi connectivity index (χ4v) is 4.45. The van der Waals surface area contributed by atoms with Crippen LogP contribution in [0.4, 0.5) is 22.0 Å². The molecule has 0 heterocycles. The van der Waals surface area contributed by atoms with Gasteiger partial charge in [0.2, 0.25) is 0 Å². The Morgan fingerprint density at radius 3 is 2.00 bits per heavy atom. The Morgan fingerprint density at radius 1 is 1.00 bits per heavy atom. The smallest absolute Gasteiger partial charge is 0.395 e. The zero-order chi connectivity index (χ0) is 23.4. The van der Waals surface area contributed by atoms with E-state index in [1.54, 1.807) is 0 Å². The number of alkyl halides is 3. The second-order valence-electron chi connectivity index (χ2n) is 7.12. The maximum absolute atomic E-state index is 13.6. The Hall–Kier alpha value is -2.53. The fourth-order valence-electron chi connectivity index (χ4n) is 3.00. The van der Waals surface area contributed by atoms with Gasteiger partial charge in [-0.2, -0.15) is 13.2 Å². The Labute approximate surface area is 176 Å². The van der Waals surface area contributed by atoms with Crippen LogP contribution in [0.1, 0.15) is 24.3 Å². The highest BCUT2D eigenvalue weighted by Crippen LogP contribution is 2.38. The van der Waals surface area contributed by atoms with Gasteiger partial charge in [-0.15, -0.1) is 0 Å². The van der Waals surface area contributed by atoms with E-state index < -0.39 is 63.4 Å². The van der Waals surface area contributed by atoms with Gasteiger partial charge in [0.25, 0.3) is 0 Å². The number of hydrogen-bond donors (Lipinski definition) is 3. The quantitative estimate of drug-likeness (QED) is 0.475. The van der Waals surface area contributed by atoms with Crippen molar-refractivity contribution in [3.63, 3.8) is 0 Å². The Morgan fingerprint density at radius 2 is 1.52 bits per heavy atom. The molecule has 4 N–H and O–H groups in total. The second-order valence-corrected chi connectivity index (χ2v) is 9.56. The van der Waals surface area contributed by atoms with Crippen LogP contribution >= 0.6 is 0 Å². The number of nitrogens with two attached hydrogens (primary N) is 1. The average Bonchev–Trinajstić information content (AvgIpc) is 2.64. The van der Waals surface area contributed by atoms with Crippen LogP contribution in [0.25, 0.3) is 11.1 Å². The molecule has 0 aliphatic carbocycles. The molecule has 0 bridgehead atoms. The van der Waals surface area contributed by atoms with E-state index in [0.29, 0.717) is 11.6 Å². The first-order chi connectivity index (χ1) is 14.3. The number of rotatable bonds is 9. The minimum atomic E-state index is -4.68. The number of benzene rings is 2. The third kappa shape index (κ3) is 7.28. The van der Waals surface area contributed by atoms with Crippen molar-refractivity contribution in [3.8, 4) is 11.1 Å². The maximum atomic E-state index is 13.6. The van der Waals surface area contributed by atoms with Crippen molar-refractivity contribution in [1.29, 1.82) is 4.78 Å². The summed E-state index contributed by atoms with van der Waals surface area (Å²) in [6, 6.07) is 6.37. The third-order valence-corrected chi connectivity index (χ3v) is 6.51. The molecule has 0 saturated carbocycles. The topological polar surface area (TPSA) is 104 Å². The molecule has 11 heteroatoms. The summed E-state index contributed by atoms with van der Waals surface area (Å²) in [5.74, 6) is -6.00. The van der Waals surface area contributed by atoms with E-state index in [1.165, 1.54) is 24.3 Å². The molecule has 0 fully saturated rings. The van der Waals surface area contributed by atoms with Gasteiger partial charge in [0.15, 0.2) is 0 Å². The first-order valence-electron chi connectivity index (χ1n) is 9.14. The summed E-state index contributed by atoms with van der Waals surface area (Å²) >= 11 is 0. The number of aliphatic carboxylic acids is 1. The molecule has 0 amide bonds. The van der Waals surface area contributed by atoms with Crippen LogP contribution in [0.2, 0.25) is 0 Å². The summed E-state index contributed by atoms with van der Waals surface area (Å²) in [6.45, 7) is 0. The molecule has 0 saturated heterocycles. The van der Waals surface area contributed by atoms with Crippen LogP contribution in [-0.2, 0) is 14.5 Å². The molecule has 2 unspecified atom stereocenters. The van der Waals surface area contributed by atoms with E-state index in [-0.39, 0.29) is 17.5 Å². The van der Waals surface area contributed by atoms with Gasteiger partial charge in [0, 0.05) is 27.3 Å². The highest BCUT2D eigenvalue weighted by molar-refractivity contribution is 7.92. The predicted octanol–water partition coefficient (Wildman–Crippen LogP) is 4.52. The SMILES string of the molecule is N=S(=O)(CCC(c1ccc(-c2cc(F)cc(F)c2)cc1)C(F)(F)F)CC[C@H](N)C(=O)O. The summed E-state index contributed by atoms with van der Waals surface area (Å²) in [5, 5.41) is 8.72. The molecule has 31 heavy (non-hydrogen) atoms. The molecule has 0 spiro atoms. The van der Waals surface area contributed by atoms with Gasteiger partial charge in [-0.1, -0.05) is 24.3 Å². The molecule has 5 nitrogen and oxygen atoms in total. The molecule has 3 atom stereocenters. The molecule has 0 aromatic heterocycles. The van der Waals surface area contributed by atoms with E-state index in [0.717, 1.165) is 12.1 Å². The highest BCUT2D eigenvalue weighted by Gasteiger charge is 2.40. The Bertz CT molecular complexity index is 1000. The van der Waals surface area contributed by atoms with Crippen molar-refractivity contribution >= 4 is 15.7 Å². The van der Waals surface area contributed by atoms with Crippen LogP contribution < -0.4 is 5.73 Å². The lowest BCUT2D eigenvalue weighted by molar-refractivity contribution is -0.150. The lowest BCUT2D eigenvalue weighted by Gasteiger charge is -2.22. The summed E-state index contributed by atoms with van der Waals surface area (Å²) in [7, 11) is -3.46. The molecule has 0 aliphatic rings. The number of carboxylic acid groups (broad SMARTS) is 1. The largest absolute Gasteiger partial charge is 0.480 e. The fraction of sp³-hybridized carbons (Fsp3) is 0.350. The molecule has 2 aromatic carbocycles. The molecule has 0 radical (unpaired) electrons. The van der Waals surface area contributed by atoms with Gasteiger partial charge in [-0.25, -0.2) is 13.0 Å². The van der Waals surface area contributed by atoms with Crippen LogP contribution in [0.3, 0.4) is 0 Å². The molecular formula is C20H21F5N2O3S. The molecular weight excluding hydrogens is 443 g/mol. The number of carboxylic acids is 1. The summed E-state index contributed by atoms with van der Waals surface area (Å²) in [4.78, 5) is 10.7. The van der Waals surface area contributed by atoms with Crippen molar-refractivity contribution in [3.05, 3.63) is 59.7 Å². The first kappa shape index (κ1) is 24.7. The number of nitrogens with one attached hydrogen (secondary N) is 1. The van der Waals surface area contributed by atoms with Gasteiger partial charge in [0.05, 0.1) is 5.92 Å². The van der Waals surface area contributed by atoms with Crippen LogP contribution in [0.5, 0.6) is 0 Å². The van der Waals surface area contributed by atoms with E-state index in [2.05, 4.69) is 0 Å².